The number of carbonyl (C=O) groups excluding carboxylic acids is 1. The number of carbonyl (C=O) groups is 1. The predicted molar refractivity (Wildman–Crippen MR) is 91.4 cm³/mol. The highest BCUT2D eigenvalue weighted by atomic mass is 19.1. The molecule has 0 atom stereocenters. The van der Waals surface area contributed by atoms with Crippen molar-refractivity contribution in [2.24, 2.45) is 0 Å². The lowest BCUT2D eigenvalue weighted by Crippen LogP contribution is -2.44. The van der Waals surface area contributed by atoms with Crippen LogP contribution in [0.4, 0.5) is 4.39 Å². The molecule has 0 bridgehead atoms. The highest BCUT2D eigenvalue weighted by Crippen LogP contribution is 2.47. The molecule has 1 spiro atoms. The number of esters is 1. The molecule has 2 heterocycles. The van der Waals surface area contributed by atoms with E-state index in [0.29, 0.717) is 25.3 Å². The lowest BCUT2D eigenvalue weighted by molar-refractivity contribution is -0.155. The number of phenolic OH excluding ortho intramolecular Hbond substituents is 1. The van der Waals surface area contributed by atoms with E-state index < -0.39 is 11.4 Å². The second kappa shape index (κ2) is 6.48. The smallest absolute Gasteiger partial charge is 0.307 e. The van der Waals surface area contributed by atoms with Gasteiger partial charge in [0.15, 0.2) is 11.6 Å². The molecule has 0 unspecified atom stereocenters. The van der Waals surface area contributed by atoms with E-state index in [0.717, 1.165) is 31.5 Å². The summed E-state index contributed by atoms with van der Waals surface area (Å²) >= 11 is 0. The van der Waals surface area contributed by atoms with Gasteiger partial charge in [0, 0.05) is 23.6 Å². The van der Waals surface area contributed by atoms with E-state index in [1.807, 2.05) is 20.8 Å². The molecule has 1 fully saturated rings. The first kappa shape index (κ1) is 18.0. The molecule has 0 aliphatic carbocycles. The monoisotopic (exact) mass is 351 g/mol. The second-order valence-corrected chi connectivity index (χ2v) is 8.05. The Kier molecular flexibility index (Phi) is 4.66. The average Bonchev–Trinajstić information content (AvgIpc) is 2.84. The normalized spacial score (nSPS) is 19.5. The molecule has 3 rings (SSSR count). The molecule has 1 N–H and O–H groups in total. The van der Waals surface area contributed by atoms with Gasteiger partial charge < -0.3 is 19.5 Å². The van der Waals surface area contributed by atoms with Crippen LogP contribution < -0.4 is 4.74 Å². The number of phenols is 1. The standard InChI is InChI=1S/C19H26FNO4/c1-18(2,3)25-17(23)4-7-21-8-5-19(6-9-21)12-24-16-11-15(22)14(20)10-13(16)19/h10-11,22H,4-9,12H2,1-3H3. The zero-order chi connectivity index (χ0) is 18.2. The van der Waals surface area contributed by atoms with E-state index in [-0.39, 0.29) is 17.1 Å². The first-order valence-electron chi connectivity index (χ1n) is 8.79. The Bertz CT molecular complexity index is 660. The van der Waals surface area contributed by atoms with Crippen molar-refractivity contribution in [2.75, 3.05) is 26.2 Å². The van der Waals surface area contributed by atoms with Crippen LogP contribution in [0.2, 0.25) is 0 Å². The van der Waals surface area contributed by atoms with Crippen LogP contribution in [-0.2, 0) is 14.9 Å². The lowest BCUT2D eigenvalue weighted by Gasteiger charge is -2.38. The van der Waals surface area contributed by atoms with Crippen molar-refractivity contribution in [3.8, 4) is 11.5 Å². The fourth-order valence-electron chi connectivity index (χ4n) is 3.63. The van der Waals surface area contributed by atoms with Gasteiger partial charge in [-0.05, 0) is 52.8 Å². The average molecular weight is 351 g/mol. The van der Waals surface area contributed by atoms with Crippen molar-refractivity contribution in [1.82, 2.24) is 4.90 Å². The molecular formula is C19H26FNO4. The van der Waals surface area contributed by atoms with Gasteiger partial charge in [-0.2, -0.15) is 0 Å². The van der Waals surface area contributed by atoms with Crippen molar-refractivity contribution in [3.63, 3.8) is 0 Å². The van der Waals surface area contributed by atoms with Crippen LogP contribution in [0.3, 0.4) is 0 Å². The number of ether oxygens (including phenoxy) is 2. The maximum absolute atomic E-state index is 13.8. The summed E-state index contributed by atoms with van der Waals surface area (Å²) in [5.74, 6) is -0.567. The van der Waals surface area contributed by atoms with Crippen LogP contribution in [0, 0.1) is 5.82 Å². The van der Waals surface area contributed by atoms with Gasteiger partial charge in [-0.1, -0.05) is 0 Å². The van der Waals surface area contributed by atoms with Crippen LogP contribution >= 0.6 is 0 Å². The van der Waals surface area contributed by atoms with E-state index >= 15 is 0 Å². The first-order valence-corrected chi connectivity index (χ1v) is 8.79. The Hall–Kier alpha value is -1.82. The molecule has 1 aromatic carbocycles. The van der Waals surface area contributed by atoms with E-state index in [9.17, 15) is 14.3 Å². The number of rotatable bonds is 3. The van der Waals surface area contributed by atoms with Crippen LogP contribution in [0.25, 0.3) is 0 Å². The summed E-state index contributed by atoms with van der Waals surface area (Å²) in [4.78, 5) is 14.1. The van der Waals surface area contributed by atoms with Crippen LogP contribution in [0.15, 0.2) is 12.1 Å². The van der Waals surface area contributed by atoms with Gasteiger partial charge in [0.05, 0.1) is 13.0 Å². The summed E-state index contributed by atoms with van der Waals surface area (Å²) in [6, 6.07) is 2.78. The summed E-state index contributed by atoms with van der Waals surface area (Å²) < 4.78 is 24.8. The second-order valence-electron chi connectivity index (χ2n) is 8.05. The highest BCUT2D eigenvalue weighted by Gasteiger charge is 2.43. The minimum atomic E-state index is -0.601. The molecule has 2 aliphatic heterocycles. The minimum Gasteiger partial charge on any atom is -0.505 e. The zero-order valence-corrected chi connectivity index (χ0v) is 15.1. The van der Waals surface area contributed by atoms with Gasteiger partial charge in [-0.3, -0.25) is 4.79 Å². The Balaban J connectivity index is 1.57. The van der Waals surface area contributed by atoms with Gasteiger partial charge in [-0.25, -0.2) is 4.39 Å². The molecular weight excluding hydrogens is 325 g/mol. The molecule has 0 radical (unpaired) electrons. The van der Waals surface area contributed by atoms with Crippen molar-refractivity contribution in [3.05, 3.63) is 23.5 Å². The van der Waals surface area contributed by atoms with Gasteiger partial charge in [-0.15, -0.1) is 0 Å². The lowest BCUT2D eigenvalue weighted by atomic mass is 9.74. The third-order valence-corrected chi connectivity index (χ3v) is 4.99. The Morgan fingerprint density at radius 2 is 2.04 bits per heavy atom. The van der Waals surface area contributed by atoms with Crippen LogP contribution in [0.1, 0.15) is 45.6 Å². The first-order chi connectivity index (χ1) is 11.7. The Morgan fingerprint density at radius 1 is 1.36 bits per heavy atom. The van der Waals surface area contributed by atoms with Gasteiger partial charge >= 0.3 is 5.97 Å². The number of nitrogens with zero attached hydrogens (tertiary/aromatic N) is 1. The van der Waals surface area contributed by atoms with Crippen molar-refractivity contribution < 1.29 is 23.8 Å². The number of likely N-dealkylation sites (tertiary alicyclic amines) is 1. The van der Waals surface area contributed by atoms with Gasteiger partial charge in [0.25, 0.3) is 0 Å². The topological polar surface area (TPSA) is 59.0 Å². The molecule has 0 aromatic heterocycles. The van der Waals surface area contributed by atoms with Crippen molar-refractivity contribution in [2.45, 2.75) is 51.0 Å². The maximum Gasteiger partial charge on any atom is 0.307 e. The van der Waals surface area contributed by atoms with Gasteiger partial charge in [0.2, 0.25) is 0 Å². The van der Waals surface area contributed by atoms with E-state index in [2.05, 4.69) is 4.90 Å². The number of fused-ring (bicyclic) bond motifs is 2. The predicted octanol–water partition coefficient (Wildman–Crippen LogP) is 2.99. The molecule has 1 aromatic rings. The minimum absolute atomic E-state index is 0.181. The summed E-state index contributed by atoms with van der Waals surface area (Å²) in [5, 5.41) is 9.51. The Labute approximate surface area is 147 Å². The third-order valence-electron chi connectivity index (χ3n) is 4.99. The number of halogens is 1. The molecule has 0 saturated carbocycles. The van der Waals surface area contributed by atoms with Crippen molar-refractivity contribution >= 4 is 5.97 Å². The molecule has 138 valence electrons. The molecule has 2 aliphatic rings. The molecule has 1 saturated heterocycles. The van der Waals surface area contributed by atoms with Gasteiger partial charge in [0.1, 0.15) is 11.4 Å². The highest BCUT2D eigenvalue weighted by molar-refractivity contribution is 5.70. The summed E-state index contributed by atoms with van der Waals surface area (Å²) in [6.45, 7) is 8.44. The fourth-order valence-corrected chi connectivity index (χ4v) is 3.63. The summed E-state index contributed by atoms with van der Waals surface area (Å²) in [5.41, 5.74) is 0.213. The zero-order valence-electron chi connectivity index (χ0n) is 15.1. The number of benzene rings is 1. The van der Waals surface area contributed by atoms with E-state index in [4.69, 9.17) is 9.47 Å². The number of piperidine rings is 1. The van der Waals surface area contributed by atoms with Crippen LogP contribution in [0.5, 0.6) is 11.5 Å². The summed E-state index contributed by atoms with van der Waals surface area (Å²) in [7, 11) is 0. The fraction of sp³-hybridized carbons (Fsp3) is 0.632. The number of hydrogen-bond acceptors (Lipinski definition) is 5. The SMILES string of the molecule is CC(C)(C)OC(=O)CCN1CCC2(CC1)COc1cc(O)c(F)cc12. The maximum atomic E-state index is 13.8. The third kappa shape index (κ3) is 3.89. The number of hydrogen-bond donors (Lipinski definition) is 1. The molecule has 25 heavy (non-hydrogen) atoms. The van der Waals surface area contributed by atoms with E-state index in [1.54, 1.807) is 0 Å². The largest absolute Gasteiger partial charge is 0.505 e. The van der Waals surface area contributed by atoms with Crippen molar-refractivity contribution in [1.29, 1.82) is 0 Å². The molecule has 6 heteroatoms. The molecule has 0 amide bonds. The summed E-state index contributed by atoms with van der Waals surface area (Å²) in [6.07, 6.45) is 2.07. The number of aromatic hydroxyl groups is 1. The van der Waals surface area contributed by atoms with Crippen LogP contribution in [-0.4, -0.2) is 47.8 Å². The Morgan fingerprint density at radius 3 is 2.68 bits per heavy atom. The van der Waals surface area contributed by atoms with E-state index in [1.165, 1.54) is 12.1 Å². The molecule has 5 nitrogen and oxygen atoms in total. The quantitative estimate of drug-likeness (QED) is 0.849.